The first-order chi connectivity index (χ1) is 9.20. The highest BCUT2D eigenvalue weighted by Crippen LogP contribution is 2.34. The molecule has 1 aromatic carbocycles. The topological polar surface area (TPSA) is 72.2 Å². The third kappa shape index (κ3) is 3.86. The number of hydrogen-bond acceptors (Lipinski definition) is 4. The minimum absolute atomic E-state index is 0.0469. The molecule has 0 aliphatic rings. The summed E-state index contributed by atoms with van der Waals surface area (Å²) in [6.45, 7) is 2.22. The average molecular weight is 310 g/mol. The molecule has 0 heterocycles. The van der Waals surface area contributed by atoms with Gasteiger partial charge in [-0.2, -0.15) is 13.2 Å². The van der Waals surface area contributed by atoms with Crippen LogP contribution in [0.25, 0.3) is 0 Å². The minimum atomic E-state index is -5.36. The van der Waals surface area contributed by atoms with E-state index in [0.29, 0.717) is 19.4 Å². The van der Waals surface area contributed by atoms with Crippen molar-refractivity contribution in [2.45, 2.75) is 36.2 Å². The van der Waals surface area contributed by atoms with Crippen LogP contribution in [-0.2, 0) is 9.84 Å². The largest absolute Gasteiger partial charge is 0.501 e. The van der Waals surface area contributed by atoms with Gasteiger partial charge in [-0.25, -0.2) is 8.42 Å². The van der Waals surface area contributed by atoms with Crippen molar-refractivity contribution in [1.29, 1.82) is 0 Å². The molecule has 0 bridgehead atoms. The van der Waals surface area contributed by atoms with Gasteiger partial charge in [-0.15, -0.1) is 0 Å². The maximum absolute atomic E-state index is 12.6. The lowest BCUT2D eigenvalue weighted by molar-refractivity contribution is -0.0435. The van der Waals surface area contributed by atoms with E-state index in [1.165, 1.54) is 18.2 Å². The Hall–Kier alpha value is -1.28. The van der Waals surface area contributed by atoms with Gasteiger partial charge in [-0.1, -0.05) is 12.1 Å². The lowest BCUT2D eigenvalue weighted by Gasteiger charge is -2.18. The second kappa shape index (κ2) is 6.45. The van der Waals surface area contributed by atoms with E-state index in [-0.39, 0.29) is 11.7 Å². The second-order valence-corrected chi connectivity index (χ2v) is 6.33. The van der Waals surface area contributed by atoms with Crippen molar-refractivity contribution in [1.82, 2.24) is 0 Å². The second-order valence-electron chi connectivity index (χ2n) is 4.42. The Morgan fingerprint density at radius 1 is 1.30 bits per heavy atom. The Labute approximate surface area is 116 Å². The van der Waals surface area contributed by atoms with Gasteiger partial charge in [0.15, 0.2) is 0 Å². The maximum Gasteiger partial charge on any atom is 0.501 e. The summed E-state index contributed by atoms with van der Waals surface area (Å²) in [4.78, 5) is -0.757. The predicted molar refractivity (Wildman–Crippen MR) is 71.1 cm³/mol. The van der Waals surface area contributed by atoms with Crippen LogP contribution in [0.15, 0.2) is 29.2 Å². The molecule has 0 fully saturated rings. The highest BCUT2D eigenvalue weighted by atomic mass is 32.2. The number of anilines is 1. The van der Waals surface area contributed by atoms with Crippen LogP contribution < -0.4 is 11.1 Å². The van der Waals surface area contributed by atoms with Gasteiger partial charge in [-0.05, 0) is 38.4 Å². The van der Waals surface area contributed by atoms with E-state index in [1.807, 2.05) is 0 Å². The lowest BCUT2D eigenvalue weighted by atomic mass is 10.1. The van der Waals surface area contributed by atoms with E-state index in [9.17, 15) is 21.6 Å². The normalized spacial score (nSPS) is 14.1. The number of benzene rings is 1. The van der Waals surface area contributed by atoms with Crippen LogP contribution in [0.4, 0.5) is 18.9 Å². The van der Waals surface area contributed by atoms with E-state index in [4.69, 9.17) is 5.73 Å². The van der Waals surface area contributed by atoms with Crippen molar-refractivity contribution in [3.63, 3.8) is 0 Å². The number of hydrogen-bond donors (Lipinski definition) is 2. The van der Waals surface area contributed by atoms with Crippen LogP contribution in [0.5, 0.6) is 0 Å². The molecule has 0 spiro atoms. The number of para-hydroxylation sites is 1. The molecule has 20 heavy (non-hydrogen) atoms. The number of rotatable bonds is 6. The molecule has 3 N–H and O–H groups in total. The van der Waals surface area contributed by atoms with Crippen LogP contribution in [0.2, 0.25) is 0 Å². The van der Waals surface area contributed by atoms with Gasteiger partial charge in [0.1, 0.15) is 0 Å². The van der Waals surface area contributed by atoms with Crippen molar-refractivity contribution in [2.24, 2.45) is 5.73 Å². The first kappa shape index (κ1) is 16.8. The zero-order valence-corrected chi connectivity index (χ0v) is 11.8. The fraction of sp³-hybridized carbons (Fsp3) is 0.500. The van der Waals surface area contributed by atoms with Crippen LogP contribution in [-0.4, -0.2) is 26.5 Å². The minimum Gasteiger partial charge on any atom is -0.382 e. The maximum atomic E-state index is 12.6. The van der Waals surface area contributed by atoms with Crippen molar-refractivity contribution < 1.29 is 21.6 Å². The molecule has 0 radical (unpaired) electrons. The van der Waals surface area contributed by atoms with Gasteiger partial charge in [0.05, 0.1) is 10.6 Å². The highest BCUT2D eigenvalue weighted by molar-refractivity contribution is 7.92. The van der Waals surface area contributed by atoms with Gasteiger partial charge in [0.2, 0.25) is 0 Å². The molecule has 114 valence electrons. The molecule has 1 unspecified atom stereocenters. The number of alkyl halides is 3. The summed E-state index contributed by atoms with van der Waals surface area (Å²) in [5, 5.41) is 2.79. The van der Waals surface area contributed by atoms with Gasteiger partial charge in [-0.3, -0.25) is 0 Å². The molecule has 0 aromatic heterocycles. The van der Waals surface area contributed by atoms with Crippen molar-refractivity contribution in [2.75, 3.05) is 11.9 Å². The smallest absolute Gasteiger partial charge is 0.382 e. The van der Waals surface area contributed by atoms with Gasteiger partial charge in [0, 0.05) is 6.04 Å². The lowest BCUT2D eigenvalue weighted by Crippen LogP contribution is -2.25. The Bertz CT molecular complexity index is 544. The first-order valence-corrected chi connectivity index (χ1v) is 7.55. The number of nitrogens with two attached hydrogens (primary N) is 1. The molecule has 0 amide bonds. The fourth-order valence-electron chi connectivity index (χ4n) is 1.71. The molecular formula is C12H17F3N2O2S. The molecular weight excluding hydrogens is 293 g/mol. The molecule has 8 heteroatoms. The summed E-state index contributed by atoms with van der Waals surface area (Å²) in [6, 6.07) is 4.82. The van der Waals surface area contributed by atoms with Crippen LogP contribution in [0, 0.1) is 0 Å². The Morgan fingerprint density at radius 3 is 2.45 bits per heavy atom. The van der Waals surface area contributed by atoms with Crippen LogP contribution >= 0.6 is 0 Å². The SMILES string of the molecule is CC(CCCN)Nc1ccccc1S(=O)(=O)C(F)(F)F. The van der Waals surface area contributed by atoms with E-state index >= 15 is 0 Å². The van der Waals surface area contributed by atoms with Crippen molar-refractivity contribution >= 4 is 15.5 Å². The monoisotopic (exact) mass is 310 g/mol. The first-order valence-electron chi connectivity index (χ1n) is 6.07. The molecule has 1 rings (SSSR count). The number of sulfone groups is 1. The Morgan fingerprint density at radius 2 is 1.90 bits per heavy atom. The van der Waals surface area contributed by atoms with Crippen molar-refractivity contribution in [3.8, 4) is 0 Å². The molecule has 0 aliphatic heterocycles. The Balaban J connectivity index is 3.07. The van der Waals surface area contributed by atoms with E-state index < -0.39 is 20.2 Å². The van der Waals surface area contributed by atoms with Crippen LogP contribution in [0.3, 0.4) is 0 Å². The fourth-order valence-corrected chi connectivity index (χ4v) is 2.63. The molecule has 1 atom stereocenters. The summed E-state index contributed by atoms with van der Waals surface area (Å²) in [6.07, 6.45) is 1.33. The predicted octanol–water partition coefficient (Wildman–Crippen LogP) is 2.52. The molecule has 1 aromatic rings. The summed E-state index contributed by atoms with van der Waals surface area (Å²) in [5.74, 6) is 0. The summed E-state index contributed by atoms with van der Waals surface area (Å²) in [5.41, 5.74) is -0.00709. The van der Waals surface area contributed by atoms with Gasteiger partial charge in [0.25, 0.3) is 9.84 Å². The standard InChI is InChI=1S/C12H17F3N2O2S/c1-9(5-4-8-16)17-10-6-2-3-7-11(10)20(18,19)12(13,14)15/h2-3,6-7,9,17H,4-5,8,16H2,1H3. The van der Waals surface area contributed by atoms with E-state index in [2.05, 4.69) is 5.32 Å². The number of nitrogens with one attached hydrogen (secondary N) is 1. The Kier molecular flexibility index (Phi) is 5.41. The zero-order valence-electron chi connectivity index (χ0n) is 10.9. The molecule has 0 saturated carbocycles. The summed E-state index contributed by atoms with van der Waals surface area (Å²) >= 11 is 0. The molecule has 0 aliphatic carbocycles. The third-order valence-corrected chi connectivity index (χ3v) is 4.27. The summed E-state index contributed by atoms with van der Waals surface area (Å²) in [7, 11) is -5.36. The molecule has 4 nitrogen and oxygen atoms in total. The van der Waals surface area contributed by atoms with Gasteiger partial charge < -0.3 is 11.1 Å². The average Bonchev–Trinajstić information content (AvgIpc) is 2.35. The number of halogens is 3. The highest BCUT2D eigenvalue weighted by Gasteiger charge is 2.47. The van der Waals surface area contributed by atoms with Crippen molar-refractivity contribution in [3.05, 3.63) is 24.3 Å². The quantitative estimate of drug-likeness (QED) is 0.847. The zero-order chi connectivity index (χ0) is 15.4. The third-order valence-electron chi connectivity index (χ3n) is 2.72. The van der Waals surface area contributed by atoms with E-state index in [1.54, 1.807) is 6.92 Å². The van der Waals surface area contributed by atoms with Gasteiger partial charge >= 0.3 is 5.51 Å². The summed E-state index contributed by atoms with van der Waals surface area (Å²) < 4.78 is 60.8. The molecule has 0 saturated heterocycles. The van der Waals surface area contributed by atoms with E-state index in [0.717, 1.165) is 6.07 Å². The van der Waals surface area contributed by atoms with Crippen LogP contribution in [0.1, 0.15) is 19.8 Å².